The van der Waals surface area contributed by atoms with E-state index in [4.69, 9.17) is 0 Å². The summed E-state index contributed by atoms with van der Waals surface area (Å²) in [4.78, 5) is 14.7. The van der Waals surface area contributed by atoms with Gasteiger partial charge in [-0.05, 0) is 60.6 Å². The number of anilines is 1. The van der Waals surface area contributed by atoms with E-state index in [9.17, 15) is 13.2 Å². The maximum Gasteiger partial charge on any atom is 0.243 e. The largest absolute Gasteiger partial charge is 0.311 e. The molecule has 5 rings (SSSR count). The number of aryl methyl sites for hydroxylation is 1. The zero-order chi connectivity index (χ0) is 18.8. The van der Waals surface area contributed by atoms with E-state index in [1.807, 2.05) is 30.0 Å². The van der Waals surface area contributed by atoms with Crippen LogP contribution in [0, 0.1) is 0 Å². The Bertz CT molecular complexity index is 1060. The predicted octanol–water partition coefficient (Wildman–Crippen LogP) is 2.83. The highest BCUT2D eigenvalue weighted by molar-refractivity contribution is 7.89. The SMILES string of the molecule is C[C@@H]1C(=O)N2CCCc3cc(S(=O)(=O)N4CCc5ccccc5C4)cc1c32. The number of hydrogen-bond acceptors (Lipinski definition) is 3. The van der Waals surface area contributed by atoms with E-state index in [2.05, 4.69) is 6.07 Å². The molecule has 6 heteroatoms. The third-order valence-electron chi connectivity index (χ3n) is 6.13. The van der Waals surface area contributed by atoms with Crippen molar-refractivity contribution in [3.8, 4) is 0 Å². The fourth-order valence-corrected chi connectivity index (χ4v) is 6.14. The number of carbonyl (C=O) groups excluding carboxylic acids is 1. The van der Waals surface area contributed by atoms with Crippen LogP contribution in [0.25, 0.3) is 0 Å². The Labute approximate surface area is 159 Å². The van der Waals surface area contributed by atoms with E-state index in [-0.39, 0.29) is 11.8 Å². The molecule has 0 unspecified atom stereocenters. The average molecular weight is 382 g/mol. The lowest BCUT2D eigenvalue weighted by Gasteiger charge is -2.29. The Kier molecular flexibility index (Phi) is 3.71. The van der Waals surface area contributed by atoms with Crippen molar-refractivity contribution < 1.29 is 13.2 Å². The molecule has 0 N–H and O–H groups in total. The van der Waals surface area contributed by atoms with Crippen molar-refractivity contribution in [2.75, 3.05) is 18.0 Å². The Morgan fingerprint density at radius 1 is 1.00 bits per heavy atom. The summed E-state index contributed by atoms with van der Waals surface area (Å²) >= 11 is 0. The number of fused-ring (bicyclic) bond motifs is 1. The van der Waals surface area contributed by atoms with E-state index in [1.54, 1.807) is 16.4 Å². The number of carbonyl (C=O) groups is 1. The fourth-order valence-electron chi connectivity index (χ4n) is 4.64. The molecule has 3 heterocycles. The van der Waals surface area contributed by atoms with Crippen LogP contribution < -0.4 is 4.90 Å². The Hall–Kier alpha value is -2.18. The zero-order valence-electron chi connectivity index (χ0n) is 15.3. The first-order valence-electron chi connectivity index (χ1n) is 9.52. The number of rotatable bonds is 2. The maximum atomic E-state index is 13.4. The van der Waals surface area contributed by atoms with Crippen LogP contribution in [0.1, 0.15) is 41.5 Å². The van der Waals surface area contributed by atoms with Crippen LogP contribution >= 0.6 is 0 Å². The minimum absolute atomic E-state index is 0.0902. The summed E-state index contributed by atoms with van der Waals surface area (Å²) in [5.41, 5.74) is 5.12. The highest BCUT2D eigenvalue weighted by atomic mass is 32.2. The highest BCUT2D eigenvalue weighted by Gasteiger charge is 2.39. The van der Waals surface area contributed by atoms with Crippen molar-refractivity contribution in [3.63, 3.8) is 0 Å². The Morgan fingerprint density at radius 3 is 2.59 bits per heavy atom. The number of nitrogens with zero attached hydrogens (tertiary/aromatic N) is 2. The summed E-state index contributed by atoms with van der Waals surface area (Å²) < 4.78 is 28.3. The summed E-state index contributed by atoms with van der Waals surface area (Å²) in [6, 6.07) is 11.6. The van der Waals surface area contributed by atoms with Gasteiger partial charge in [0.2, 0.25) is 15.9 Å². The van der Waals surface area contributed by atoms with Gasteiger partial charge in [-0.15, -0.1) is 0 Å². The van der Waals surface area contributed by atoms with Gasteiger partial charge < -0.3 is 4.90 Å². The molecule has 3 aliphatic rings. The minimum atomic E-state index is -3.59. The molecule has 2 aromatic carbocycles. The summed E-state index contributed by atoms with van der Waals surface area (Å²) in [7, 11) is -3.59. The van der Waals surface area contributed by atoms with Crippen LogP contribution in [0.5, 0.6) is 0 Å². The molecule has 1 amide bonds. The summed E-state index contributed by atoms with van der Waals surface area (Å²) in [5, 5.41) is 0. The van der Waals surface area contributed by atoms with Gasteiger partial charge in [0, 0.05) is 19.6 Å². The van der Waals surface area contributed by atoms with Crippen molar-refractivity contribution in [2.45, 2.75) is 43.5 Å². The van der Waals surface area contributed by atoms with E-state index in [0.29, 0.717) is 18.0 Å². The summed E-state index contributed by atoms with van der Waals surface area (Å²) in [6.07, 6.45) is 2.44. The molecule has 27 heavy (non-hydrogen) atoms. The van der Waals surface area contributed by atoms with Gasteiger partial charge in [-0.3, -0.25) is 4.79 Å². The van der Waals surface area contributed by atoms with Crippen molar-refractivity contribution in [1.82, 2.24) is 4.31 Å². The first kappa shape index (κ1) is 17.0. The lowest BCUT2D eigenvalue weighted by Crippen LogP contribution is -2.36. The number of amides is 1. The molecule has 5 nitrogen and oxygen atoms in total. The molecular formula is C21H22N2O3S. The van der Waals surface area contributed by atoms with Gasteiger partial charge in [0.25, 0.3) is 0 Å². The number of hydrogen-bond donors (Lipinski definition) is 0. The lowest BCUT2D eigenvalue weighted by atomic mass is 9.97. The van der Waals surface area contributed by atoms with Gasteiger partial charge in [0.05, 0.1) is 16.5 Å². The van der Waals surface area contributed by atoms with E-state index in [0.717, 1.165) is 48.2 Å². The second-order valence-electron chi connectivity index (χ2n) is 7.69. The first-order chi connectivity index (χ1) is 13.0. The molecule has 0 saturated carbocycles. The van der Waals surface area contributed by atoms with Crippen molar-refractivity contribution in [1.29, 1.82) is 0 Å². The second-order valence-corrected chi connectivity index (χ2v) is 9.63. The molecule has 2 aromatic rings. The van der Waals surface area contributed by atoms with Gasteiger partial charge in [-0.2, -0.15) is 4.31 Å². The van der Waals surface area contributed by atoms with Gasteiger partial charge >= 0.3 is 0 Å². The monoisotopic (exact) mass is 382 g/mol. The average Bonchev–Trinajstić information content (AvgIpc) is 2.94. The van der Waals surface area contributed by atoms with Gasteiger partial charge in [0.15, 0.2) is 0 Å². The molecule has 0 bridgehead atoms. The van der Waals surface area contributed by atoms with Crippen LogP contribution in [0.4, 0.5) is 5.69 Å². The van der Waals surface area contributed by atoms with Crippen molar-refractivity contribution in [2.24, 2.45) is 0 Å². The van der Waals surface area contributed by atoms with Crippen LogP contribution in [0.3, 0.4) is 0 Å². The Morgan fingerprint density at radius 2 is 1.78 bits per heavy atom. The van der Waals surface area contributed by atoms with Gasteiger partial charge in [-0.1, -0.05) is 24.3 Å². The van der Waals surface area contributed by atoms with Crippen molar-refractivity contribution in [3.05, 3.63) is 58.7 Å². The third-order valence-corrected chi connectivity index (χ3v) is 7.95. The predicted molar refractivity (Wildman–Crippen MR) is 103 cm³/mol. The van der Waals surface area contributed by atoms with Crippen molar-refractivity contribution >= 4 is 21.6 Å². The molecular weight excluding hydrogens is 360 g/mol. The standard InChI is InChI=1S/C21H22N2O3S/c1-14-19-12-18(11-16-7-4-9-23(20(16)19)21(14)24)27(25,26)22-10-8-15-5-2-3-6-17(15)13-22/h2-3,5-6,11-12,14H,4,7-10,13H2,1H3/t14-/m0/s1. The van der Waals surface area contributed by atoms with Crippen LogP contribution in [-0.2, 0) is 34.2 Å². The molecule has 0 fully saturated rings. The lowest BCUT2D eigenvalue weighted by molar-refractivity contribution is -0.119. The van der Waals surface area contributed by atoms with Gasteiger partial charge in [-0.25, -0.2) is 8.42 Å². The summed E-state index contributed by atoms with van der Waals surface area (Å²) in [6.45, 7) is 3.51. The normalized spacial score (nSPS) is 21.9. The molecule has 0 radical (unpaired) electrons. The molecule has 0 aromatic heterocycles. The zero-order valence-corrected chi connectivity index (χ0v) is 16.1. The smallest absolute Gasteiger partial charge is 0.243 e. The highest BCUT2D eigenvalue weighted by Crippen LogP contribution is 2.44. The van der Waals surface area contributed by atoms with Gasteiger partial charge in [0.1, 0.15) is 0 Å². The molecule has 0 spiro atoms. The maximum absolute atomic E-state index is 13.4. The van der Waals surface area contributed by atoms with E-state index >= 15 is 0 Å². The first-order valence-corrected chi connectivity index (χ1v) is 11.0. The quantitative estimate of drug-likeness (QED) is 0.803. The molecule has 140 valence electrons. The van der Waals surface area contributed by atoms with Crippen LogP contribution in [-0.4, -0.2) is 31.7 Å². The molecule has 0 saturated heterocycles. The second kappa shape index (κ2) is 5.91. The Balaban J connectivity index is 1.57. The van der Waals surface area contributed by atoms with Crippen LogP contribution in [0.2, 0.25) is 0 Å². The summed E-state index contributed by atoms with van der Waals surface area (Å²) in [5.74, 6) is -0.179. The van der Waals surface area contributed by atoms with Crippen LogP contribution in [0.15, 0.2) is 41.3 Å². The molecule has 1 atom stereocenters. The molecule has 3 aliphatic heterocycles. The topological polar surface area (TPSA) is 57.7 Å². The number of benzene rings is 2. The fraction of sp³-hybridized carbons (Fsp3) is 0.381. The number of sulfonamides is 1. The van der Waals surface area contributed by atoms with E-state index in [1.165, 1.54) is 5.56 Å². The minimum Gasteiger partial charge on any atom is -0.311 e. The van der Waals surface area contributed by atoms with E-state index < -0.39 is 10.0 Å². The molecule has 0 aliphatic carbocycles. The third kappa shape index (κ3) is 2.47.